The van der Waals surface area contributed by atoms with Crippen LogP contribution in [0.25, 0.3) is 0 Å². The number of carbonyl (C=O) groups excluding carboxylic acids is 2. The predicted octanol–water partition coefficient (Wildman–Crippen LogP) is 4.02. The van der Waals surface area contributed by atoms with Crippen molar-refractivity contribution in [3.05, 3.63) is 63.9 Å². The standard InChI is InChI=1S/C18H16ClNO2/c1-11(21)12-3-5-13(6-4-12)18(2)10-9-15-14(17(18)22)7-8-16(19)20-15/h3-8H,9-10H2,1-2H3. The fourth-order valence-electron chi connectivity index (χ4n) is 3.00. The molecule has 0 radical (unpaired) electrons. The lowest BCUT2D eigenvalue weighted by atomic mass is 9.69. The Morgan fingerprint density at radius 1 is 1.18 bits per heavy atom. The number of aryl methyl sites for hydroxylation is 1. The molecule has 0 amide bonds. The highest BCUT2D eigenvalue weighted by molar-refractivity contribution is 6.29. The number of rotatable bonds is 2. The van der Waals surface area contributed by atoms with Gasteiger partial charge >= 0.3 is 0 Å². The van der Waals surface area contributed by atoms with Crippen LogP contribution >= 0.6 is 11.6 Å². The van der Waals surface area contributed by atoms with Crippen LogP contribution in [0, 0.1) is 0 Å². The van der Waals surface area contributed by atoms with Crippen LogP contribution < -0.4 is 0 Å². The summed E-state index contributed by atoms with van der Waals surface area (Å²) in [7, 11) is 0. The molecule has 0 saturated carbocycles. The molecule has 3 rings (SSSR count). The van der Waals surface area contributed by atoms with Crippen LogP contribution in [0.5, 0.6) is 0 Å². The molecule has 1 aromatic carbocycles. The van der Waals surface area contributed by atoms with Gasteiger partial charge in [-0.1, -0.05) is 35.9 Å². The van der Waals surface area contributed by atoms with Gasteiger partial charge in [0.05, 0.1) is 11.1 Å². The molecule has 1 heterocycles. The molecule has 1 atom stereocenters. The third-order valence-corrected chi connectivity index (χ3v) is 4.69. The minimum absolute atomic E-state index is 0.0239. The summed E-state index contributed by atoms with van der Waals surface area (Å²) in [5, 5.41) is 0.418. The number of carbonyl (C=O) groups is 2. The highest BCUT2D eigenvalue weighted by Crippen LogP contribution is 2.38. The molecule has 22 heavy (non-hydrogen) atoms. The lowest BCUT2D eigenvalue weighted by molar-refractivity contribution is 0.0874. The van der Waals surface area contributed by atoms with E-state index in [-0.39, 0.29) is 11.6 Å². The number of nitrogens with zero attached hydrogens (tertiary/aromatic N) is 1. The van der Waals surface area contributed by atoms with Gasteiger partial charge in [-0.05, 0) is 44.4 Å². The zero-order valence-corrected chi connectivity index (χ0v) is 13.3. The second-order valence-electron chi connectivity index (χ2n) is 5.92. The summed E-state index contributed by atoms with van der Waals surface area (Å²) in [6.07, 6.45) is 1.40. The third kappa shape index (κ3) is 2.35. The maximum absolute atomic E-state index is 12.9. The van der Waals surface area contributed by atoms with Gasteiger partial charge in [-0.25, -0.2) is 4.98 Å². The van der Waals surface area contributed by atoms with E-state index in [1.807, 2.05) is 19.1 Å². The summed E-state index contributed by atoms with van der Waals surface area (Å²) in [6.45, 7) is 3.49. The largest absolute Gasteiger partial charge is 0.295 e. The van der Waals surface area contributed by atoms with Crippen molar-refractivity contribution in [1.82, 2.24) is 4.98 Å². The summed E-state index contributed by atoms with van der Waals surface area (Å²) in [5.41, 5.74) is 2.43. The first-order chi connectivity index (χ1) is 10.4. The highest BCUT2D eigenvalue weighted by atomic mass is 35.5. The first kappa shape index (κ1) is 14.9. The van der Waals surface area contributed by atoms with E-state index in [2.05, 4.69) is 4.98 Å². The SMILES string of the molecule is CC(=O)c1ccc(C2(C)CCc3nc(Cl)ccc3C2=O)cc1. The van der Waals surface area contributed by atoms with Crippen LogP contribution in [-0.2, 0) is 11.8 Å². The molecule has 0 N–H and O–H groups in total. The van der Waals surface area contributed by atoms with Crippen LogP contribution in [0.2, 0.25) is 5.15 Å². The third-order valence-electron chi connectivity index (χ3n) is 4.48. The quantitative estimate of drug-likeness (QED) is 0.621. The van der Waals surface area contributed by atoms with Crippen LogP contribution in [0.3, 0.4) is 0 Å². The molecule has 1 unspecified atom stereocenters. The minimum Gasteiger partial charge on any atom is -0.295 e. The average molecular weight is 314 g/mol. The Balaban J connectivity index is 2.01. The highest BCUT2D eigenvalue weighted by Gasteiger charge is 2.40. The van der Waals surface area contributed by atoms with Crippen molar-refractivity contribution in [3.63, 3.8) is 0 Å². The zero-order valence-electron chi connectivity index (χ0n) is 12.5. The van der Waals surface area contributed by atoms with E-state index in [0.29, 0.717) is 29.1 Å². The van der Waals surface area contributed by atoms with Crippen LogP contribution in [0.4, 0.5) is 0 Å². The van der Waals surface area contributed by atoms with Crippen molar-refractivity contribution in [3.8, 4) is 0 Å². The lowest BCUT2D eigenvalue weighted by Crippen LogP contribution is -2.37. The second kappa shape index (κ2) is 5.33. The van der Waals surface area contributed by atoms with E-state index in [1.54, 1.807) is 24.3 Å². The first-order valence-electron chi connectivity index (χ1n) is 7.23. The molecule has 1 aliphatic rings. The second-order valence-corrected chi connectivity index (χ2v) is 6.31. The Morgan fingerprint density at radius 3 is 2.50 bits per heavy atom. The van der Waals surface area contributed by atoms with Crippen molar-refractivity contribution >= 4 is 23.2 Å². The molecule has 0 spiro atoms. The van der Waals surface area contributed by atoms with Gasteiger partial charge in [0.25, 0.3) is 0 Å². The monoisotopic (exact) mass is 313 g/mol. The summed E-state index contributed by atoms with van der Waals surface area (Å²) in [5.74, 6) is 0.0874. The lowest BCUT2D eigenvalue weighted by Gasteiger charge is -2.33. The maximum atomic E-state index is 12.9. The van der Waals surface area contributed by atoms with E-state index in [0.717, 1.165) is 11.3 Å². The van der Waals surface area contributed by atoms with E-state index in [1.165, 1.54) is 6.92 Å². The molecule has 3 nitrogen and oxygen atoms in total. The van der Waals surface area contributed by atoms with Crippen molar-refractivity contribution in [2.45, 2.75) is 32.1 Å². The first-order valence-corrected chi connectivity index (χ1v) is 7.61. The average Bonchev–Trinajstić information content (AvgIpc) is 2.51. The van der Waals surface area contributed by atoms with Crippen LogP contribution in [0.15, 0.2) is 36.4 Å². The number of pyridine rings is 1. The summed E-state index contributed by atoms with van der Waals surface area (Å²) >= 11 is 5.91. The number of Topliss-reactive ketones (excluding diaryl/α,β-unsaturated/α-hetero) is 2. The van der Waals surface area contributed by atoms with Gasteiger partial charge in [-0.3, -0.25) is 9.59 Å². The predicted molar refractivity (Wildman–Crippen MR) is 85.7 cm³/mol. The minimum atomic E-state index is -0.585. The number of benzene rings is 1. The Hall–Kier alpha value is -2.00. The summed E-state index contributed by atoms with van der Waals surface area (Å²) in [4.78, 5) is 28.6. The van der Waals surface area contributed by atoms with Gasteiger partial charge in [0.1, 0.15) is 5.15 Å². The van der Waals surface area contributed by atoms with Crippen molar-refractivity contribution < 1.29 is 9.59 Å². The van der Waals surface area contributed by atoms with Crippen molar-refractivity contribution in [2.75, 3.05) is 0 Å². The number of hydrogen-bond acceptors (Lipinski definition) is 3. The van der Waals surface area contributed by atoms with Gasteiger partial charge in [0.2, 0.25) is 0 Å². The Labute approximate surface area is 134 Å². The molecule has 0 saturated heterocycles. The Morgan fingerprint density at radius 2 is 1.86 bits per heavy atom. The fourth-order valence-corrected chi connectivity index (χ4v) is 3.16. The maximum Gasteiger partial charge on any atom is 0.174 e. The number of hydrogen-bond donors (Lipinski definition) is 0. The van der Waals surface area contributed by atoms with Gasteiger partial charge in [0, 0.05) is 11.1 Å². The summed E-state index contributed by atoms with van der Waals surface area (Å²) in [6, 6.07) is 10.7. The van der Waals surface area contributed by atoms with E-state index >= 15 is 0 Å². The van der Waals surface area contributed by atoms with Gasteiger partial charge in [-0.15, -0.1) is 0 Å². The molecule has 1 aliphatic carbocycles. The van der Waals surface area contributed by atoms with E-state index in [4.69, 9.17) is 11.6 Å². The smallest absolute Gasteiger partial charge is 0.174 e. The molecule has 0 bridgehead atoms. The van der Waals surface area contributed by atoms with Crippen LogP contribution in [0.1, 0.15) is 52.2 Å². The molecule has 4 heteroatoms. The normalized spacial score (nSPS) is 20.6. The Bertz CT molecular complexity index is 767. The zero-order chi connectivity index (χ0) is 15.9. The van der Waals surface area contributed by atoms with Crippen molar-refractivity contribution in [2.24, 2.45) is 0 Å². The molecular weight excluding hydrogens is 298 g/mol. The van der Waals surface area contributed by atoms with Gasteiger partial charge in [0.15, 0.2) is 11.6 Å². The fraction of sp³-hybridized carbons (Fsp3) is 0.278. The number of fused-ring (bicyclic) bond motifs is 1. The molecule has 2 aromatic rings. The number of halogens is 1. The summed E-state index contributed by atoms with van der Waals surface area (Å²) < 4.78 is 0. The molecule has 112 valence electrons. The van der Waals surface area contributed by atoms with Gasteiger partial charge < -0.3 is 0 Å². The van der Waals surface area contributed by atoms with Crippen LogP contribution in [-0.4, -0.2) is 16.6 Å². The molecule has 0 fully saturated rings. The molecule has 0 aliphatic heterocycles. The number of ketones is 2. The van der Waals surface area contributed by atoms with Crippen molar-refractivity contribution in [1.29, 1.82) is 0 Å². The number of aromatic nitrogens is 1. The molecule has 1 aromatic heterocycles. The Kier molecular flexibility index (Phi) is 3.61. The van der Waals surface area contributed by atoms with Gasteiger partial charge in [-0.2, -0.15) is 0 Å². The topological polar surface area (TPSA) is 47.0 Å². The molecular formula is C18H16ClNO2. The van der Waals surface area contributed by atoms with E-state index in [9.17, 15) is 9.59 Å². The van der Waals surface area contributed by atoms with E-state index < -0.39 is 5.41 Å².